The fraction of sp³-hybridized carbons (Fsp3) is 0.500. The standard InChI is InChI=1S/C12H17ClO2/c1-12(2,8-14)10-5-4-9(7-15-3)11(13)6-10/h4-6,14H,7-8H2,1-3H3. The molecule has 0 atom stereocenters. The molecule has 0 aliphatic carbocycles. The molecule has 0 aliphatic rings. The Morgan fingerprint density at radius 2 is 2.07 bits per heavy atom. The van der Waals surface area contributed by atoms with Gasteiger partial charge in [0.2, 0.25) is 0 Å². The molecule has 0 fully saturated rings. The monoisotopic (exact) mass is 228 g/mol. The molecule has 15 heavy (non-hydrogen) atoms. The van der Waals surface area contributed by atoms with Crippen molar-refractivity contribution in [2.75, 3.05) is 13.7 Å². The average Bonchev–Trinajstić information content (AvgIpc) is 2.21. The van der Waals surface area contributed by atoms with Gasteiger partial charge in [-0.15, -0.1) is 0 Å². The van der Waals surface area contributed by atoms with Crippen molar-refractivity contribution in [3.05, 3.63) is 34.3 Å². The largest absolute Gasteiger partial charge is 0.395 e. The lowest BCUT2D eigenvalue weighted by molar-refractivity contribution is 0.185. The van der Waals surface area contributed by atoms with Gasteiger partial charge in [0, 0.05) is 17.5 Å². The molecule has 3 heteroatoms. The van der Waals surface area contributed by atoms with E-state index in [2.05, 4.69) is 0 Å². The third kappa shape index (κ3) is 2.94. The molecular weight excluding hydrogens is 212 g/mol. The van der Waals surface area contributed by atoms with Gasteiger partial charge in [-0.1, -0.05) is 37.6 Å². The summed E-state index contributed by atoms with van der Waals surface area (Å²) in [6, 6.07) is 5.82. The zero-order valence-corrected chi connectivity index (χ0v) is 10.1. The van der Waals surface area contributed by atoms with Crippen molar-refractivity contribution in [1.82, 2.24) is 0 Å². The lowest BCUT2D eigenvalue weighted by atomic mass is 9.85. The van der Waals surface area contributed by atoms with E-state index in [4.69, 9.17) is 16.3 Å². The first-order valence-corrected chi connectivity index (χ1v) is 5.28. The molecule has 0 amide bonds. The van der Waals surface area contributed by atoms with Crippen LogP contribution >= 0.6 is 11.6 Å². The number of hydrogen-bond acceptors (Lipinski definition) is 2. The van der Waals surface area contributed by atoms with Crippen molar-refractivity contribution in [2.45, 2.75) is 25.9 Å². The summed E-state index contributed by atoms with van der Waals surface area (Å²) < 4.78 is 5.03. The maximum Gasteiger partial charge on any atom is 0.0727 e. The van der Waals surface area contributed by atoms with E-state index in [0.29, 0.717) is 11.6 Å². The van der Waals surface area contributed by atoms with Gasteiger partial charge in [0.05, 0.1) is 13.2 Å². The fourth-order valence-corrected chi connectivity index (χ4v) is 1.57. The lowest BCUT2D eigenvalue weighted by Crippen LogP contribution is -2.22. The first-order chi connectivity index (χ1) is 7.01. The van der Waals surface area contributed by atoms with Gasteiger partial charge >= 0.3 is 0 Å². The van der Waals surface area contributed by atoms with Crippen LogP contribution in [0.5, 0.6) is 0 Å². The van der Waals surface area contributed by atoms with E-state index in [9.17, 15) is 5.11 Å². The Labute approximate surface area is 95.8 Å². The Morgan fingerprint density at radius 1 is 1.40 bits per heavy atom. The highest BCUT2D eigenvalue weighted by Crippen LogP contribution is 2.27. The first kappa shape index (κ1) is 12.5. The zero-order chi connectivity index (χ0) is 11.5. The predicted octanol–water partition coefficient (Wildman–Crippen LogP) is 2.76. The highest BCUT2D eigenvalue weighted by atomic mass is 35.5. The van der Waals surface area contributed by atoms with Gasteiger partial charge in [0.15, 0.2) is 0 Å². The number of hydrogen-bond donors (Lipinski definition) is 1. The molecule has 1 aromatic rings. The van der Waals surface area contributed by atoms with Gasteiger partial charge in [0.25, 0.3) is 0 Å². The molecule has 0 bridgehead atoms. The van der Waals surface area contributed by atoms with Crippen LogP contribution in [0.2, 0.25) is 5.02 Å². The molecule has 0 saturated carbocycles. The number of ether oxygens (including phenoxy) is 1. The summed E-state index contributed by atoms with van der Waals surface area (Å²) in [7, 11) is 1.64. The average molecular weight is 229 g/mol. The summed E-state index contributed by atoms with van der Waals surface area (Å²) in [6.45, 7) is 4.58. The number of aliphatic hydroxyl groups is 1. The second-order valence-electron chi connectivity index (χ2n) is 4.28. The topological polar surface area (TPSA) is 29.5 Å². The number of benzene rings is 1. The Morgan fingerprint density at radius 3 is 2.53 bits per heavy atom. The predicted molar refractivity (Wildman–Crippen MR) is 62.3 cm³/mol. The molecule has 0 unspecified atom stereocenters. The fourth-order valence-electron chi connectivity index (χ4n) is 1.33. The van der Waals surface area contributed by atoms with E-state index in [-0.39, 0.29) is 12.0 Å². The summed E-state index contributed by atoms with van der Waals surface area (Å²) in [5.74, 6) is 0. The minimum atomic E-state index is -0.255. The van der Waals surface area contributed by atoms with E-state index in [1.807, 2.05) is 32.0 Å². The molecule has 0 aliphatic heterocycles. The summed E-state index contributed by atoms with van der Waals surface area (Å²) in [5, 5.41) is 9.93. The van der Waals surface area contributed by atoms with Crippen LogP contribution in [0.1, 0.15) is 25.0 Å². The van der Waals surface area contributed by atoms with E-state index in [0.717, 1.165) is 11.1 Å². The summed E-state index contributed by atoms with van der Waals surface area (Å²) >= 11 is 6.11. The minimum Gasteiger partial charge on any atom is -0.395 e. The molecule has 1 N–H and O–H groups in total. The van der Waals surface area contributed by atoms with Crippen LogP contribution in [-0.4, -0.2) is 18.8 Å². The third-order valence-corrected chi connectivity index (χ3v) is 2.88. The van der Waals surface area contributed by atoms with E-state index in [1.54, 1.807) is 7.11 Å². The van der Waals surface area contributed by atoms with Crippen LogP contribution in [0.15, 0.2) is 18.2 Å². The van der Waals surface area contributed by atoms with E-state index >= 15 is 0 Å². The number of aliphatic hydroxyl groups excluding tert-OH is 1. The van der Waals surface area contributed by atoms with Gasteiger partial charge in [0.1, 0.15) is 0 Å². The Hall–Kier alpha value is -0.570. The van der Waals surface area contributed by atoms with Crippen molar-refractivity contribution in [3.63, 3.8) is 0 Å². The van der Waals surface area contributed by atoms with Crippen LogP contribution in [0.25, 0.3) is 0 Å². The molecule has 84 valence electrons. The van der Waals surface area contributed by atoms with Crippen molar-refractivity contribution in [2.24, 2.45) is 0 Å². The molecule has 0 radical (unpaired) electrons. The van der Waals surface area contributed by atoms with Crippen molar-refractivity contribution >= 4 is 11.6 Å². The number of halogens is 1. The third-order valence-electron chi connectivity index (χ3n) is 2.53. The maximum absolute atomic E-state index is 9.24. The van der Waals surface area contributed by atoms with Gasteiger partial charge in [-0.3, -0.25) is 0 Å². The molecule has 0 aromatic heterocycles. The van der Waals surface area contributed by atoms with Crippen LogP contribution in [0.4, 0.5) is 0 Å². The summed E-state index contributed by atoms with van der Waals surface area (Å²) in [6.07, 6.45) is 0. The highest BCUT2D eigenvalue weighted by molar-refractivity contribution is 6.31. The van der Waals surface area contributed by atoms with Crippen LogP contribution in [-0.2, 0) is 16.8 Å². The molecule has 1 aromatic carbocycles. The van der Waals surface area contributed by atoms with Crippen LogP contribution < -0.4 is 0 Å². The van der Waals surface area contributed by atoms with Crippen molar-refractivity contribution in [1.29, 1.82) is 0 Å². The highest BCUT2D eigenvalue weighted by Gasteiger charge is 2.20. The smallest absolute Gasteiger partial charge is 0.0727 e. The normalized spacial score (nSPS) is 11.8. The summed E-state index contributed by atoms with van der Waals surface area (Å²) in [5.41, 5.74) is 1.75. The number of methoxy groups -OCH3 is 1. The molecule has 0 saturated heterocycles. The second-order valence-corrected chi connectivity index (χ2v) is 4.69. The lowest BCUT2D eigenvalue weighted by Gasteiger charge is -2.22. The molecular formula is C12H17ClO2. The van der Waals surface area contributed by atoms with Gasteiger partial charge in [-0.25, -0.2) is 0 Å². The van der Waals surface area contributed by atoms with Crippen molar-refractivity contribution < 1.29 is 9.84 Å². The second kappa shape index (κ2) is 4.97. The quantitative estimate of drug-likeness (QED) is 0.859. The van der Waals surface area contributed by atoms with Gasteiger partial charge < -0.3 is 9.84 Å². The zero-order valence-electron chi connectivity index (χ0n) is 9.38. The summed E-state index contributed by atoms with van der Waals surface area (Å²) in [4.78, 5) is 0. The number of rotatable bonds is 4. The van der Waals surface area contributed by atoms with Crippen molar-refractivity contribution in [3.8, 4) is 0 Å². The Kier molecular flexibility index (Phi) is 4.14. The molecule has 0 spiro atoms. The Balaban J connectivity index is 3.01. The minimum absolute atomic E-state index is 0.104. The van der Waals surface area contributed by atoms with Crippen LogP contribution in [0, 0.1) is 0 Å². The maximum atomic E-state index is 9.24. The molecule has 2 nitrogen and oxygen atoms in total. The SMILES string of the molecule is COCc1ccc(C(C)(C)CO)cc1Cl. The van der Waals surface area contributed by atoms with E-state index in [1.165, 1.54) is 0 Å². The Bertz CT molecular complexity index is 334. The molecule has 0 heterocycles. The van der Waals surface area contributed by atoms with E-state index < -0.39 is 0 Å². The first-order valence-electron chi connectivity index (χ1n) is 4.90. The van der Waals surface area contributed by atoms with Gasteiger partial charge in [-0.2, -0.15) is 0 Å². The molecule has 1 rings (SSSR count). The van der Waals surface area contributed by atoms with Gasteiger partial charge in [-0.05, 0) is 17.2 Å². The van der Waals surface area contributed by atoms with Crippen LogP contribution in [0.3, 0.4) is 0 Å².